The Morgan fingerprint density at radius 2 is 1.88 bits per heavy atom. The van der Waals surface area contributed by atoms with Crippen molar-refractivity contribution < 1.29 is 14.3 Å². The third-order valence-corrected chi connectivity index (χ3v) is 13.0. The molecule has 0 heterocycles. The highest BCUT2D eigenvalue weighted by Gasteiger charge is 2.58. The number of hydrogen-bond donors (Lipinski definition) is 1. The number of nitrogens with one attached hydrogen (secondary N) is 1. The zero-order valence-electron chi connectivity index (χ0n) is 26.5. The Morgan fingerprint density at radius 3 is 2.58 bits per heavy atom. The van der Waals surface area contributed by atoms with Crippen LogP contribution >= 0.6 is 0 Å². The Balaban J connectivity index is 1.12. The minimum Gasteiger partial charge on any atom is -0.468 e. The number of rotatable bonds is 12. The van der Waals surface area contributed by atoms with Gasteiger partial charge in [-0.05, 0) is 111 Å². The molecule has 40 heavy (non-hydrogen) atoms. The molecule has 5 aliphatic rings. The molecule has 1 N–H and O–H groups in total. The molecule has 7 atom stereocenters. The zero-order valence-corrected chi connectivity index (χ0v) is 26.5. The van der Waals surface area contributed by atoms with Crippen LogP contribution in [0.15, 0.2) is 23.9 Å². The highest BCUT2D eigenvalue weighted by Crippen LogP contribution is 2.66. The number of carbonyl (C=O) groups is 1. The van der Waals surface area contributed by atoms with Gasteiger partial charge < -0.3 is 14.8 Å². The summed E-state index contributed by atoms with van der Waals surface area (Å²) in [4.78, 5) is 12.3. The number of fused-ring (bicyclic) bond motifs is 5. The summed E-state index contributed by atoms with van der Waals surface area (Å²) < 4.78 is 11.5. The summed E-state index contributed by atoms with van der Waals surface area (Å²) in [5.41, 5.74) is 2.95. The predicted octanol–water partition coefficient (Wildman–Crippen LogP) is 8.61. The minimum atomic E-state index is -0.520. The van der Waals surface area contributed by atoms with Crippen LogP contribution in [-0.2, 0) is 14.3 Å². The van der Waals surface area contributed by atoms with Crippen molar-refractivity contribution >= 4 is 5.97 Å². The number of unbranched alkanes of at least 4 members (excludes halogenated alkanes) is 1. The molecule has 4 heteroatoms. The topological polar surface area (TPSA) is 47.6 Å². The largest absolute Gasteiger partial charge is 0.468 e. The first kappa shape index (κ1) is 30.2. The standard InChI is InChI=1S/C36H59NO3/c1-25(2)10-7-8-11-27-13-15-31-30-14-12-28-24-29(16-20-35(28,5)32(30)17-21-34(27,31)4)40-23-22-37-26(3)36(18-9-19-36)33(38)39-6/h12,25,27,29-32,37H,3,7-11,13-24H2,1-2,4-6H3. The van der Waals surface area contributed by atoms with Crippen LogP contribution in [0.3, 0.4) is 0 Å². The Kier molecular flexibility index (Phi) is 9.16. The molecule has 4 fully saturated rings. The molecule has 7 unspecified atom stereocenters. The van der Waals surface area contributed by atoms with Gasteiger partial charge in [-0.25, -0.2) is 0 Å². The molecule has 0 amide bonds. The summed E-state index contributed by atoms with van der Waals surface area (Å²) in [6.07, 6.45) is 22.2. The van der Waals surface area contributed by atoms with E-state index in [1.807, 2.05) is 0 Å². The number of carbonyl (C=O) groups excluding carboxylic acids is 1. The maximum atomic E-state index is 12.3. The summed E-state index contributed by atoms with van der Waals surface area (Å²) >= 11 is 0. The van der Waals surface area contributed by atoms with Gasteiger partial charge in [-0.2, -0.15) is 0 Å². The third kappa shape index (κ3) is 5.45. The van der Waals surface area contributed by atoms with Crippen molar-refractivity contribution in [3.63, 3.8) is 0 Å². The number of esters is 1. The molecule has 0 spiro atoms. The lowest BCUT2D eigenvalue weighted by atomic mass is 9.47. The molecule has 0 aromatic heterocycles. The Bertz CT molecular complexity index is 950. The highest BCUT2D eigenvalue weighted by molar-refractivity contribution is 5.81. The molecule has 5 rings (SSSR count). The monoisotopic (exact) mass is 553 g/mol. The lowest BCUT2D eigenvalue weighted by molar-refractivity contribution is -0.155. The van der Waals surface area contributed by atoms with Crippen molar-refractivity contribution in [1.82, 2.24) is 5.32 Å². The van der Waals surface area contributed by atoms with Gasteiger partial charge in [0, 0.05) is 12.2 Å². The predicted molar refractivity (Wildman–Crippen MR) is 164 cm³/mol. The Labute approximate surface area is 245 Å². The second kappa shape index (κ2) is 12.1. The van der Waals surface area contributed by atoms with E-state index in [1.165, 1.54) is 77.7 Å². The van der Waals surface area contributed by atoms with E-state index in [0.717, 1.165) is 61.0 Å². The summed E-state index contributed by atoms with van der Waals surface area (Å²) in [7, 11) is 1.48. The van der Waals surface area contributed by atoms with Crippen molar-refractivity contribution in [2.24, 2.45) is 45.8 Å². The van der Waals surface area contributed by atoms with Crippen LogP contribution in [-0.4, -0.2) is 32.3 Å². The van der Waals surface area contributed by atoms with Gasteiger partial charge in [0.15, 0.2) is 0 Å². The molecular weight excluding hydrogens is 494 g/mol. The van der Waals surface area contributed by atoms with E-state index < -0.39 is 5.41 Å². The molecule has 4 saturated carbocycles. The number of ether oxygens (including phenoxy) is 2. The maximum Gasteiger partial charge on any atom is 0.317 e. The maximum absolute atomic E-state index is 12.3. The van der Waals surface area contributed by atoms with Gasteiger partial charge in [-0.15, -0.1) is 0 Å². The van der Waals surface area contributed by atoms with E-state index in [1.54, 1.807) is 5.57 Å². The molecule has 0 aromatic rings. The molecule has 0 aromatic carbocycles. The van der Waals surface area contributed by atoms with Gasteiger partial charge in [0.2, 0.25) is 0 Å². The second-order valence-electron chi connectivity index (χ2n) is 15.3. The molecule has 0 aliphatic heterocycles. The molecular formula is C36H59NO3. The molecule has 226 valence electrons. The molecule has 0 saturated heterocycles. The van der Waals surface area contributed by atoms with E-state index in [4.69, 9.17) is 9.47 Å². The van der Waals surface area contributed by atoms with Crippen molar-refractivity contribution in [3.05, 3.63) is 23.9 Å². The van der Waals surface area contributed by atoms with Crippen LogP contribution < -0.4 is 5.32 Å². The van der Waals surface area contributed by atoms with E-state index in [2.05, 4.69) is 45.7 Å². The second-order valence-corrected chi connectivity index (χ2v) is 15.3. The van der Waals surface area contributed by atoms with E-state index in [0.29, 0.717) is 30.1 Å². The van der Waals surface area contributed by atoms with Gasteiger partial charge in [-0.3, -0.25) is 4.79 Å². The summed E-state index contributed by atoms with van der Waals surface area (Å²) in [6.45, 7) is 15.6. The SMILES string of the molecule is C=C(NCCOC1CCC2(C)C(=CCC3C2CCC2(C)C(CCCCC(C)C)CCC32)C1)C1(C(=O)OC)CCC1. The first-order chi connectivity index (χ1) is 19.1. The zero-order chi connectivity index (χ0) is 28.5. The first-order valence-corrected chi connectivity index (χ1v) is 17.0. The van der Waals surface area contributed by atoms with Crippen LogP contribution in [0.1, 0.15) is 124 Å². The average molecular weight is 554 g/mol. The fourth-order valence-electron chi connectivity index (χ4n) is 10.2. The van der Waals surface area contributed by atoms with Crippen molar-refractivity contribution in [2.75, 3.05) is 20.3 Å². The first-order valence-electron chi connectivity index (χ1n) is 17.0. The fraction of sp³-hybridized carbons (Fsp3) is 0.861. The van der Waals surface area contributed by atoms with Gasteiger partial charge in [0.25, 0.3) is 0 Å². The number of methoxy groups -OCH3 is 1. The lowest BCUT2D eigenvalue weighted by Gasteiger charge is -2.58. The van der Waals surface area contributed by atoms with Crippen LogP contribution in [0.5, 0.6) is 0 Å². The van der Waals surface area contributed by atoms with E-state index >= 15 is 0 Å². The van der Waals surface area contributed by atoms with Crippen molar-refractivity contribution in [3.8, 4) is 0 Å². The minimum absolute atomic E-state index is 0.149. The Morgan fingerprint density at radius 1 is 1.07 bits per heavy atom. The van der Waals surface area contributed by atoms with E-state index in [-0.39, 0.29) is 5.97 Å². The van der Waals surface area contributed by atoms with Gasteiger partial charge in [-0.1, -0.05) is 71.6 Å². The van der Waals surface area contributed by atoms with Gasteiger partial charge >= 0.3 is 5.97 Å². The van der Waals surface area contributed by atoms with Crippen molar-refractivity contribution in [2.45, 2.75) is 130 Å². The van der Waals surface area contributed by atoms with Crippen LogP contribution in [0.2, 0.25) is 0 Å². The summed E-state index contributed by atoms with van der Waals surface area (Å²) in [6, 6.07) is 0. The van der Waals surface area contributed by atoms with Crippen LogP contribution in [0.25, 0.3) is 0 Å². The molecule has 5 aliphatic carbocycles. The smallest absolute Gasteiger partial charge is 0.317 e. The molecule has 0 bridgehead atoms. The summed E-state index contributed by atoms with van der Waals surface area (Å²) in [5, 5.41) is 3.40. The van der Waals surface area contributed by atoms with Crippen molar-refractivity contribution in [1.29, 1.82) is 0 Å². The molecule has 0 radical (unpaired) electrons. The van der Waals surface area contributed by atoms with Crippen LogP contribution in [0, 0.1) is 45.8 Å². The Hall–Kier alpha value is -1.29. The van der Waals surface area contributed by atoms with Gasteiger partial charge in [0.05, 0.1) is 19.8 Å². The number of allylic oxidation sites excluding steroid dienone is 1. The molecule has 4 nitrogen and oxygen atoms in total. The van der Waals surface area contributed by atoms with E-state index in [9.17, 15) is 4.79 Å². The third-order valence-electron chi connectivity index (χ3n) is 13.0. The normalized spacial score (nSPS) is 38.0. The quantitative estimate of drug-likeness (QED) is 0.149. The highest BCUT2D eigenvalue weighted by atomic mass is 16.5. The summed E-state index contributed by atoms with van der Waals surface area (Å²) in [5.74, 6) is 4.37. The van der Waals surface area contributed by atoms with Crippen LogP contribution in [0.4, 0.5) is 0 Å². The fourth-order valence-corrected chi connectivity index (χ4v) is 10.2. The lowest BCUT2D eigenvalue weighted by Crippen LogP contribution is -2.50. The number of hydrogen-bond acceptors (Lipinski definition) is 4. The average Bonchev–Trinajstić information content (AvgIpc) is 3.24. The van der Waals surface area contributed by atoms with Gasteiger partial charge in [0.1, 0.15) is 5.41 Å².